The second-order valence-corrected chi connectivity index (χ2v) is 5.39. The van der Waals surface area contributed by atoms with Gasteiger partial charge in [0.2, 0.25) is 0 Å². The molecule has 2 rings (SSSR count). The van der Waals surface area contributed by atoms with E-state index in [4.69, 9.17) is 28.9 Å². The smallest absolute Gasteiger partial charge is 0.147 e. The van der Waals surface area contributed by atoms with Crippen LogP contribution in [0, 0.1) is 11.6 Å². The van der Waals surface area contributed by atoms with Crippen LogP contribution in [0.3, 0.4) is 0 Å². The Morgan fingerprint density at radius 3 is 2.26 bits per heavy atom. The summed E-state index contributed by atoms with van der Waals surface area (Å²) < 4.78 is 27.1. The second-order valence-electron chi connectivity index (χ2n) is 3.72. The van der Waals surface area contributed by atoms with Crippen LogP contribution in [-0.4, -0.2) is 0 Å². The molecule has 0 atom stereocenters. The van der Waals surface area contributed by atoms with Crippen LogP contribution in [0.2, 0.25) is 10.0 Å². The lowest BCUT2D eigenvalue weighted by Crippen LogP contribution is -1.99. The van der Waals surface area contributed by atoms with E-state index in [0.717, 1.165) is 12.1 Å². The lowest BCUT2D eigenvalue weighted by atomic mass is 10.2. The zero-order valence-corrected chi connectivity index (χ0v) is 12.4. The number of anilines is 3. The van der Waals surface area contributed by atoms with Gasteiger partial charge >= 0.3 is 0 Å². The Balaban J connectivity index is 2.42. The van der Waals surface area contributed by atoms with Crippen molar-refractivity contribution < 1.29 is 8.78 Å². The predicted octanol–water partition coefficient (Wildman–Crippen LogP) is 5.36. The number of benzene rings is 2. The number of rotatable bonds is 2. The number of halogens is 5. The first-order valence-corrected chi connectivity index (χ1v) is 6.59. The molecule has 0 saturated heterocycles. The highest BCUT2D eigenvalue weighted by atomic mass is 79.9. The molecule has 3 N–H and O–H groups in total. The molecule has 7 heteroatoms. The van der Waals surface area contributed by atoms with Gasteiger partial charge in [0.15, 0.2) is 0 Å². The molecule has 0 saturated carbocycles. The SMILES string of the molecule is Nc1cc(Cl)c(Cl)cc1Nc1cc(F)c(Br)cc1F. The van der Waals surface area contributed by atoms with Gasteiger partial charge in [0.1, 0.15) is 11.6 Å². The summed E-state index contributed by atoms with van der Waals surface area (Å²) in [5.41, 5.74) is 6.29. The van der Waals surface area contributed by atoms with Crippen molar-refractivity contribution in [2.75, 3.05) is 11.1 Å². The van der Waals surface area contributed by atoms with Crippen LogP contribution in [0.25, 0.3) is 0 Å². The highest BCUT2D eigenvalue weighted by Gasteiger charge is 2.11. The minimum absolute atomic E-state index is 0.0395. The summed E-state index contributed by atoms with van der Waals surface area (Å²) in [6.45, 7) is 0. The van der Waals surface area contributed by atoms with Crippen molar-refractivity contribution in [3.05, 3.63) is 50.4 Å². The van der Waals surface area contributed by atoms with Gasteiger partial charge in [0, 0.05) is 6.07 Å². The molecule has 0 unspecified atom stereocenters. The molecule has 0 heterocycles. The van der Waals surface area contributed by atoms with Gasteiger partial charge in [-0.05, 0) is 34.1 Å². The molecule has 0 aliphatic rings. The second kappa shape index (κ2) is 5.53. The fourth-order valence-electron chi connectivity index (χ4n) is 1.43. The van der Waals surface area contributed by atoms with E-state index in [0.29, 0.717) is 5.69 Å². The van der Waals surface area contributed by atoms with Gasteiger partial charge in [-0.1, -0.05) is 23.2 Å². The zero-order valence-electron chi connectivity index (χ0n) is 9.28. The molecule has 0 bridgehead atoms. The van der Waals surface area contributed by atoms with Crippen molar-refractivity contribution in [2.45, 2.75) is 0 Å². The Labute approximate surface area is 126 Å². The number of nitrogens with two attached hydrogens (primary N) is 1. The summed E-state index contributed by atoms with van der Waals surface area (Å²) in [5, 5.41) is 3.22. The standard InChI is InChI=1S/C12H7BrCl2F2N2/c13-5-1-9(17)11(4-8(5)16)19-12-3-7(15)6(14)2-10(12)18/h1-4,19H,18H2. The monoisotopic (exact) mass is 366 g/mol. The summed E-state index contributed by atoms with van der Waals surface area (Å²) in [7, 11) is 0. The molecule has 0 aliphatic heterocycles. The van der Waals surface area contributed by atoms with Crippen molar-refractivity contribution >= 4 is 56.2 Å². The van der Waals surface area contributed by atoms with Crippen LogP contribution in [0.1, 0.15) is 0 Å². The maximum atomic E-state index is 13.7. The van der Waals surface area contributed by atoms with Crippen LogP contribution in [-0.2, 0) is 0 Å². The van der Waals surface area contributed by atoms with Crippen LogP contribution in [0.4, 0.5) is 25.8 Å². The summed E-state index contributed by atoms with van der Waals surface area (Å²) in [5.74, 6) is -1.22. The normalized spacial score (nSPS) is 10.6. The Morgan fingerprint density at radius 1 is 0.947 bits per heavy atom. The highest BCUT2D eigenvalue weighted by Crippen LogP contribution is 2.34. The average Bonchev–Trinajstić information content (AvgIpc) is 2.32. The number of hydrogen-bond acceptors (Lipinski definition) is 2. The Hall–Kier alpha value is -1.04. The summed E-state index contributed by atoms with van der Waals surface area (Å²) in [6.07, 6.45) is 0. The fraction of sp³-hybridized carbons (Fsp3) is 0. The van der Waals surface area contributed by atoms with Crippen LogP contribution in [0.5, 0.6) is 0 Å². The van der Waals surface area contributed by atoms with Crippen molar-refractivity contribution in [1.29, 1.82) is 0 Å². The van der Waals surface area contributed by atoms with E-state index < -0.39 is 11.6 Å². The van der Waals surface area contributed by atoms with Crippen LogP contribution in [0.15, 0.2) is 28.7 Å². The summed E-state index contributed by atoms with van der Waals surface area (Å²) in [6, 6.07) is 4.91. The highest BCUT2D eigenvalue weighted by molar-refractivity contribution is 9.10. The molecular weight excluding hydrogens is 361 g/mol. The molecule has 0 spiro atoms. The molecule has 2 aromatic rings. The van der Waals surface area contributed by atoms with Crippen molar-refractivity contribution in [2.24, 2.45) is 0 Å². The molecule has 0 fully saturated rings. The molecule has 2 aromatic carbocycles. The predicted molar refractivity (Wildman–Crippen MR) is 78.2 cm³/mol. The maximum Gasteiger partial charge on any atom is 0.147 e. The van der Waals surface area contributed by atoms with E-state index in [9.17, 15) is 8.78 Å². The molecule has 100 valence electrons. The first-order chi connectivity index (χ1) is 8.88. The Morgan fingerprint density at radius 2 is 1.58 bits per heavy atom. The molecule has 0 amide bonds. The van der Waals surface area contributed by atoms with Gasteiger partial charge in [-0.3, -0.25) is 0 Å². The molecule has 0 radical (unpaired) electrons. The fourth-order valence-corrected chi connectivity index (χ4v) is 2.09. The van der Waals surface area contributed by atoms with Crippen molar-refractivity contribution in [1.82, 2.24) is 0 Å². The summed E-state index contributed by atoms with van der Waals surface area (Å²) in [4.78, 5) is 0. The average molecular weight is 368 g/mol. The van der Waals surface area contributed by atoms with E-state index in [1.54, 1.807) is 0 Å². The van der Waals surface area contributed by atoms with E-state index in [2.05, 4.69) is 21.2 Å². The number of hydrogen-bond donors (Lipinski definition) is 2. The van der Waals surface area contributed by atoms with E-state index >= 15 is 0 Å². The van der Waals surface area contributed by atoms with Crippen LogP contribution >= 0.6 is 39.1 Å². The first-order valence-electron chi connectivity index (χ1n) is 5.04. The quantitative estimate of drug-likeness (QED) is 0.553. The van der Waals surface area contributed by atoms with Crippen molar-refractivity contribution in [3.63, 3.8) is 0 Å². The lowest BCUT2D eigenvalue weighted by Gasteiger charge is -2.12. The third-order valence-electron chi connectivity index (χ3n) is 2.37. The third-order valence-corrected chi connectivity index (χ3v) is 3.70. The first kappa shape index (κ1) is 14.4. The Bertz CT molecular complexity index is 595. The third kappa shape index (κ3) is 3.11. The topological polar surface area (TPSA) is 38.0 Å². The molecular formula is C12H7BrCl2F2N2. The molecule has 0 aromatic heterocycles. The summed E-state index contributed by atoms with van der Waals surface area (Å²) >= 11 is 14.5. The minimum Gasteiger partial charge on any atom is -0.397 e. The van der Waals surface area contributed by atoms with E-state index in [1.165, 1.54) is 12.1 Å². The molecule has 2 nitrogen and oxygen atoms in total. The van der Waals surface area contributed by atoms with Gasteiger partial charge in [0.05, 0.1) is 31.6 Å². The van der Waals surface area contributed by atoms with E-state index in [-0.39, 0.29) is 25.9 Å². The van der Waals surface area contributed by atoms with Gasteiger partial charge in [-0.25, -0.2) is 8.78 Å². The largest absolute Gasteiger partial charge is 0.397 e. The lowest BCUT2D eigenvalue weighted by molar-refractivity contribution is 0.598. The van der Waals surface area contributed by atoms with Gasteiger partial charge in [-0.2, -0.15) is 0 Å². The van der Waals surface area contributed by atoms with Gasteiger partial charge in [-0.15, -0.1) is 0 Å². The van der Waals surface area contributed by atoms with Crippen molar-refractivity contribution in [3.8, 4) is 0 Å². The number of nitrogens with one attached hydrogen (secondary N) is 1. The number of nitrogen functional groups attached to an aromatic ring is 1. The van der Waals surface area contributed by atoms with Gasteiger partial charge < -0.3 is 11.1 Å². The molecule has 0 aliphatic carbocycles. The molecule has 19 heavy (non-hydrogen) atoms. The van der Waals surface area contributed by atoms with E-state index in [1.807, 2.05) is 0 Å². The zero-order chi connectivity index (χ0) is 14.2. The van der Waals surface area contributed by atoms with Crippen LogP contribution < -0.4 is 11.1 Å². The minimum atomic E-state index is -0.626. The Kier molecular flexibility index (Phi) is 4.18. The van der Waals surface area contributed by atoms with Gasteiger partial charge in [0.25, 0.3) is 0 Å². The maximum absolute atomic E-state index is 13.7.